The zero-order valence-corrected chi connectivity index (χ0v) is 18.9. The summed E-state index contributed by atoms with van der Waals surface area (Å²) in [6.45, 7) is 1.88. The summed E-state index contributed by atoms with van der Waals surface area (Å²) in [6, 6.07) is 10.6. The second-order valence-electron chi connectivity index (χ2n) is 7.92. The zero-order valence-electron chi connectivity index (χ0n) is 18.2. The van der Waals surface area contributed by atoms with Gasteiger partial charge in [-0.3, -0.25) is 4.79 Å². The molecule has 0 aliphatic carbocycles. The first-order valence-corrected chi connectivity index (χ1v) is 10.6. The maximum Gasteiger partial charge on any atom is 0.209 e. The molecule has 168 valence electrons. The van der Waals surface area contributed by atoms with Gasteiger partial charge in [-0.15, -0.1) is 6.42 Å². The van der Waals surface area contributed by atoms with Crippen LogP contribution < -0.4 is 5.73 Å². The molecular formula is C26H17ClF2N4O. The molecule has 5 nitrogen and oxygen atoms in total. The molecule has 0 amide bonds. The standard InChI is InChI=1S/C26H17ClF2N4O/c1-4-14-12-21-25(31-13(2)32(21)3)23(27)22(14)16-6-5-9-33-19(16)7-8-20(33)26(34)15-10-17(28)24(30)18(29)11-15/h1,5-12H,30H2,2-3H3. The Balaban J connectivity index is 1.73. The van der Waals surface area contributed by atoms with Gasteiger partial charge in [0.1, 0.15) is 28.7 Å². The zero-order chi connectivity index (χ0) is 24.3. The minimum absolute atomic E-state index is 0.151. The molecule has 0 unspecified atom stereocenters. The molecule has 0 saturated heterocycles. The normalized spacial score (nSPS) is 11.3. The number of nitrogens with zero attached hydrogens (tertiary/aromatic N) is 3. The Bertz CT molecular complexity index is 1690. The van der Waals surface area contributed by atoms with E-state index in [-0.39, 0.29) is 11.3 Å². The fraction of sp³-hybridized carbons (Fsp3) is 0.0769. The Morgan fingerprint density at radius 1 is 1.15 bits per heavy atom. The minimum atomic E-state index is -0.991. The number of terminal acetylenes is 1. The van der Waals surface area contributed by atoms with E-state index < -0.39 is 23.1 Å². The van der Waals surface area contributed by atoms with Crippen molar-refractivity contribution in [3.8, 4) is 23.5 Å². The van der Waals surface area contributed by atoms with Crippen molar-refractivity contribution in [2.24, 2.45) is 7.05 Å². The molecule has 0 aliphatic rings. The van der Waals surface area contributed by atoms with Gasteiger partial charge in [0.05, 0.1) is 21.7 Å². The number of pyridine rings is 1. The lowest BCUT2D eigenvalue weighted by Gasteiger charge is -2.12. The third kappa shape index (κ3) is 3.07. The SMILES string of the molecule is C#Cc1cc2c(nc(C)n2C)c(Cl)c1-c1cccn2c(C(=O)c3cc(F)c(N)c(F)c3)ccc12. The fourth-order valence-electron chi connectivity index (χ4n) is 4.18. The first-order valence-electron chi connectivity index (χ1n) is 10.2. The summed E-state index contributed by atoms with van der Waals surface area (Å²) < 4.78 is 31.5. The van der Waals surface area contributed by atoms with Gasteiger partial charge in [-0.1, -0.05) is 23.6 Å². The Hall–Kier alpha value is -4.15. The number of imidazole rings is 1. The molecule has 0 aliphatic heterocycles. The average molecular weight is 475 g/mol. The summed E-state index contributed by atoms with van der Waals surface area (Å²) in [5.41, 5.74) is 8.73. The number of nitrogens with two attached hydrogens (primary N) is 1. The van der Waals surface area contributed by atoms with Gasteiger partial charge in [-0.2, -0.15) is 0 Å². The van der Waals surface area contributed by atoms with Crippen LogP contribution in [0.5, 0.6) is 0 Å². The number of benzene rings is 2. The Morgan fingerprint density at radius 3 is 2.53 bits per heavy atom. The van der Waals surface area contributed by atoms with Crippen LogP contribution in [0.1, 0.15) is 27.4 Å². The van der Waals surface area contributed by atoms with Crippen LogP contribution in [-0.4, -0.2) is 19.7 Å². The third-order valence-corrected chi connectivity index (χ3v) is 6.40. The number of aromatic nitrogens is 3. The number of anilines is 1. The molecule has 3 aromatic heterocycles. The minimum Gasteiger partial charge on any atom is -0.394 e. The lowest BCUT2D eigenvalue weighted by atomic mass is 9.98. The largest absolute Gasteiger partial charge is 0.394 e. The van der Waals surface area contributed by atoms with E-state index in [1.54, 1.807) is 28.8 Å². The van der Waals surface area contributed by atoms with Crippen molar-refractivity contribution in [1.82, 2.24) is 14.0 Å². The maximum absolute atomic E-state index is 14.0. The van der Waals surface area contributed by atoms with E-state index in [0.29, 0.717) is 32.7 Å². The van der Waals surface area contributed by atoms with Crippen LogP contribution in [0.4, 0.5) is 14.5 Å². The van der Waals surface area contributed by atoms with Gasteiger partial charge in [0.25, 0.3) is 0 Å². The summed E-state index contributed by atoms with van der Waals surface area (Å²) in [6.07, 6.45) is 7.52. The van der Waals surface area contributed by atoms with Crippen molar-refractivity contribution in [1.29, 1.82) is 0 Å². The summed E-state index contributed by atoms with van der Waals surface area (Å²) in [7, 11) is 1.88. The number of halogens is 3. The van der Waals surface area contributed by atoms with Crippen molar-refractivity contribution in [2.75, 3.05) is 5.73 Å². The predicted molar refractivity (Wildman–Crippen MR) is 129 cm³/mol. The monoisotopic (exact) mass is 474 g/mol. The van der Waals surface area contributed by atoms with Gasteiger partial charge in [0.15, 0.2) is 0 Å². The molecule has 8 heteroatoms. The van der Waals surface area contributed by atoms with Crippen molar-refractivity contribution in [3.05, 3.63) is 88.0 Å². The molecule has 2 N–H and O–H groups in total. The predicted octanol–water partition coefficient (Wildman–Crippen LogP) is 5.53. The topological polar surface area (TPSA) is 65.3 Å². The van der Waals surface area contributed by atoms with Crippen molar-refractivity contribution in [2.45, 2.75) is 6.92 Å². The number of carbonyl (C=O) groups excluding carboxylic acids is 1. The van der Waals surface area contributed by atoms with Crippen LogP contribution in [0, 0.1) is 30.9 Å². The van der Waals surface area contributed by atoms with Gasteiger partial charge in [-0.25, -0.2) is 13.8 Å². The number of rotatable bonds is 3. The average Bonchev–Trinajstić information content (AvgIpc) is 3.38. The summed E-state index contributed by atoms with van der Waals surface area (Å²) >= 11 is 6.82. The summed E-state index contributed by atoms with van der Waals surface area (Å²) in [5, 5.41) is 0.402. The van der Waals surface area contributed by atoms with Crippen LogP contribution in [0.2, 0.25) is 5.02 Å². The number of nitrogen functional groups attached to an aromatic ring is 1. The molecule has 0 saturated carbocycles. The van der Waals surface area contributed by atoms with E-state index >= 15 is 0 Å². The third-order valence-electron chi connectivity index (χ3n) is 6.03. The van der Waals surface area contributed by atoms with Crippen LogP contribution in [-0.2, 0) is 7.05 Å². The maximum atomic E-state index is 14.0. The molecule has 34 heavy (non-hydrogen) atoms. The van der Waals surface area contributed by atoms with E-state index in [1.165, 1.54) is 0 Å². The molecule has 3 heterocycles. The van der Waals surface area contributed by atoms with E-state index in [0.717, 1.165) is 23.5 Å². The van der Waals surface area contributed by atoms with Crippen molar-refractivity contribution >= 4 is 39.6 Å². The van der Waals surface area contributed by atoms with Gasteiger partial charge >= 0.3 is 0 Å². The van der Waals surface area contributed by atoms with E-state index in [1.807, 2.05) is 30.7 Å². The molecule has 5 rings (SSSR count). The van der Waals surface area contributed by atoms with Gasteiger partial charge in [0, 0.05) is 35.5 Å². The second kappa shape index (κ2) is 7.72. The fourth-order valence-corrected chi connectivity index (χ4v) is 4.52. The highest BCUT2D eigenvalue weighted by molar-refractivity contribution is 6.38. The van der Waals surface area contributed by atoms with E-state index in [4.69, 9.17) is 23.8 Å². The van der Waals surface area contributed by atoms with E-state index in [2.05, 4.69) is 10.9 Å². The molecule has 0 fully saturated rings. The number of aryl methyl sites for hydroxylation is 2. The number of hydrogen-bond acceptors (Lipinski definition) is 3. The number of carbonyl (C=O) groups is 1. The number of fused-ring (bicyclic) bond motifs is 2. The lowest BCUT2D eigenvalue weighted by molar-refractivity contribution is 0.103. The molecule has 0 bridgehead atoms. The molecular weight excluding hydrogens is 458 g/mol. The smallest absolute Gasteiger partial charge is 0.209 e. The molecule has 0 radical (unpaired) electrons. The molecule has 2 aromatic carbocycles. The Morgan fingerprint density at radius 2 is 1.85 bits per heavy atom. The molecule has 0 atom stereocenters. The van der Waals surface area contributed by atoms with Crippen LogP contribution in [0.3, 0.4) is 0 Å². The van der Waals surface area contributed by atoms with Crippen LogP contribution in [0.15, 0.2) is 48.7 Å². The molecule has 5 aromatic rings. The van der Waals surface area contributed by atoms with Crippen LogP contribution in [0.25, 0.3) is 27.7 Å². The van der Waals surface area contributed by atoms with Crippen molar-refractivity contribution < 1.29 is 13.6 Å². The van der Waals surface area contributed by atoms with E-state index in [9.17, 15) is 13.6 Å². The second-order valence-corrected chi connectivity index (χ2v) is 8.30. The highest BCUT2D eigenvalue weighted by atomic mass is 35.5. The Kier molecular flexibility index (Phi) is 4.92. The number of hydrogen-bond donors (Lipinski definition) is 1. The lowest BCUT2D eigenvalue weighted by Crippen LogP contribution is -2.08. The van der Waals surface area contributed by atoms with Gasteiger partial charge < -0.3 is 14.7 Å². The highest BCUT2D eigenvalue weighted by Gasteiger charge is 2.22. The first-order chi connectivity index (χ1) is 16.2. The quantitative estimate of drug-likeness (QED) is 0.212. The van der Waals surface area contributed by atoms with Gasteiger partial charge in [-0.05, 0) is 43.3 Å². The summed E-state index contributed by atoms with van der Waals surface area (Å²) in [5.74, 6) is 0.946. The number of ketones is 1. The van der Waals surface area contributed by atoms with Crippen LogP contribution >= 0.6 is 11.6 Å². The summed E-state index contributed by atoms with van der Waals surface area (Å²) in [4.78, 5) is 17.7. The van der Waals surface area contributed by atoms with Crippen molar-refractivity contribution in [3.63, 3.8) is 0 Å². The molecule has 0 spiro atoms. The first kappa shape index (κ1) is 21.7. The Labute approximate surface area is 198 Å². The van der Waals surface area contributed by atoms with Gasteiger partial charge in [0.2, 0.25) is 5.78 Å². The highest BCUT2D eigenvalue weighted by Crippen LogP contribution is 2.39.